The Hall–Kier alpha value is -0.770. The summed E-state index contributed by atoms with van der Waals surface area (Å²) in [5.74, 6) is -0.690. The lowest BCUT2D eigenvalue weighted by Crippen LogP contribution is -2.17. The van der Waals surface area contributed by atoms with Crippen molar-refractivity contribution in [2.24, 2.45) is 0 Å². The molecule has 4 heteroatoms. The summed E-state index contributed by atoms with van der Waals surface area (Å²) in [6, 6.07) is 0. The smallest absolute Gasteiger partial charge is 0.231 e. The monoisotopic (exact) mass is 74.0 g/mol. The normalized spacial score (nSPS) is 6.60. The molecular formula is CH4N3O. The number of rotatable bonds is 0. The molecule has 0 heterocycles. The first-order valence-electron chi connectivity index (χ1n) is 0.974. The highest BCUT2D eigenvalue weighted by atomic mass is 16.5. The van der Waals surface area contributed by atoms with Crippen LogP contribution < -0.4 is 11.2 Å². The van der Waals surface area contributed by atoms with Gasteiger partial charge in [0.25, 0.3) is 0 Å². The average molecular weight is 74.1 g/mol. The van der Waals surface area contributed by atoms with Crippen LogP contribution in [0.1, 0.15) is 0 Å². The van der Waals surface area contributed by atoms with Crippen molar-refractivity contribution in [1.82, 2.24) is 11.2 Å². The Morgan fingerprint density at radius 3 is 2.00 bits per heavy atom. The minimum absolute atomic E-state index is 0.690. The fourth-order valence-corrected chi connectivity index (χ4v) is 0. The second kappa shape index (κ2) is 1.54. The molecule has 5 heavy (non-hydrogen) atoms. The molecule has 0 aromatic rings. The van der Waals surface area contributed by atoms with Crippen LogP contribution in [0.4, 0.5) is 0 Å². The molecule has 29 valence electrons. The quantitative estimate of drug-likeness (QED) is 0.199. The third-order valence-corrected chi connectivity index (χ3v) is 0.112. The zero-order chi connectivity index (χ0) is 4.28. The molecule has 0 fully saturated rings. The van der Waals surface area contributed by atoms with Gasteiger partial charge in [0.15, 0.2) is 0 Å². The Bertz CT molecular complexity index is 42.2. The molecule has 1 radical (unpaired) electrons. The number of hydrogen-bond donors (Lipinski definition) is 3. The van der Waals surface area contributed by atoms with Gasteiger partial charge in [0.05, 0.1) is 0 Å². The minimum Gasteiger partial charge on any atom is -0.288 e. The van der Waals surface area contributed by atoms with Gasteiger partial charge >= 0.3 is 0 Å². The van der Waals surface area contributed by atoms with E-state index in [4.69, 9.17) is 16.4 Å². The van der Waals surface area contributed by atoms with E-state index in [-0.39, 0.29) is 0 Å². The SMILES string of the molecule is [NH]C(=N)NO. The van der Waals surface area contributed by atoms with Crippen LogP contribution in [0.2, 0.25) is 0 Å². The van der Waals surface area contributed by atoms with E-state index in [0.29, 0.717) is 0 Å². The Labute approximate surface area is 29.1 Å². The fraction of sp³-hybridized carbons (Fsp3) is 0. The Balaban J connectivity index is 2.85. The molecule has 4 nitrogen and oxygen atoms in total. The van der Waals surface area contributed by atoms with Crippen molar-refractivity contribution in [2.45, 2.75) is 0 Å². The molecule has 0 spiro atoms. The van der Waals surface area contributed by atoms with E-state index in [0.717, 1.165) is 0 Å². The molecule has 0 aliphatic carbocycles. The molecule has 0 rings (SSSR count). The van der Waals surface area contributed by atoms with Gasteiger partial charge in [0.1, 0.15) is 0 Å². The zero-order valence-corrected chi connectivity index (χ0v) is 2.45. The maximum atomic E-state index is 7.48. The molecule has 4 N–H and O–H groups in total. The van der Waals surface area contributed by atoms with Crippen LogP contribution in [0.25, 0.3) is 0 Å². The van der Waals surface area contributed by atoms with Crippen molar-refractivity contribution in [3.05, 3.63) is 0 Å². The third kappa shape index (κ3) is 3.23. The van der Waals surface area contributed by atoms with Crippen molar-refractivity contribution in [1.29, 1.82) is 5.41 Å². The van der Waals surface area contributed by atoms with Crippen LogP contribution in [0.5, 0.6) is 0 Å². The van der Waals surface area contributed by atoms with Gasteiger partial charge in [0.2, 0.25) is 5.96 Å². The number of hydrogen-bond acceptors (Lipinski definition) is 2. The van der Waals surface area contributed by atoms with Crippen molar-refractivity contribution in [3.63, 3.8) is 0 Å². The van der Waals surface area contributed by atoms with Crippen molar-refractivity contribution in [3.8, 4) is 0 Å². The summed E-state index contributed by atoms with van der Waals surface area (Å²) in [6.07, 6.45) is 0. The first-order chi connectivity index (χ1) is 2.27. The zero-order valence-electron chi connectivity index (χ0n) is 2.45. The van der Waals surface area contributed by atoms with E-state index in [1.807, 2.05) is 0 Å². The lowest BCUT2D eigenvalue weighted by Gasteiger charge is -1.82. The summed E-state index contributed by atoms with van der Waals surface area (Å²) >= 11 is 0. The molecule has 0 amide bonds. The maximum Gasteiger partial charge on any atom is 0.231 e. The summed E-state index contributed by atoms with van der Waals surface area (Å²) < 4.78 is 0. The summed E-state index contributed by atoms with van der Waals surface area (Å²) in [5, 5.41) is 13.5. The molecule has 0 aromatic heterocycles. The molecule has 0 unspecified atom stereocenters. The molecule has 0 saturated heterocycles. The second-order valence-corrected chi connectivity index (χ2v) is 0.487. The lowest BCUT2D eigenvalue weighted by molar-refractivity contribution is 0.231. The van der Waals surface area contributed by atoms with Crippen LogP contribution in [0.15, 0.2) is 0 Å². The highest BCUT2D eigenvalue weighted by molar-refractivity contribution is 5.71. The summed E-state index contributed by atoms with van der Waals surface area (Å²) in [7, 11) is 0. The van der Waals surface area contributed by atoms with Crippen molar-refractivity contribution >= 4 is 5.96 Å². The predicted octanol–water partition coefficient (Wildman–Crippen LogP) is -0.817. The number of nitrogens with one attached hydrogen (secondary N) is 3. The molecule has 0 atom stereocenters. The number of guanidine groups is 1. The second-order valence-electron chi connectivity index (χ2n) is 0.487. The van der Waals surface area contributed by atoms with Gasteiger partial charge in [0, 0.05) is 0 Å². The maximum absolute atomic E-state index is 7.48. The minimum atomic E-state index is -0.690. The van der Waals surface area contributed by atoms with Gasteiger partial charge in [-0.2, -0.15) is 0 Å². The lowest BCUT2D eigenvalue weighted by atomic mass is 11.1. The van der Waals surface area contributed by atoms with Crippen LogP contribution in [-0.4, -0.2) is 11.2 Å². The first-order valence-corrected chi connectivity index (χ1v) is 0.974. The van der Waals surface area contributed by atoms with E-state index < -0.39 is 5.96 Å². The highest BCUT2D eigenvalue weighted by Gasteiger charge is 1.70. The summed E-state index contributed by atoms with van der Waals surface area (Å²) in [5.41, 5.74) is 7.33. The van der Waals surface area contributed by atoms with Crippen molar-refractivity contribution in [2.75, 3.05) is 0 Å². The summed E-state index contributed by atoms with van der Waals surface area (Å²) in [6.45, 7) is 0. The van der Waals surface area contributed by atoms with Gasteiger partial charge in [-0.3, -0.25) is 16.4 Å². The molecule has 0 bridgehead atoms. The molecule has 0 saturated carbocycles. The number of hydroxylamine groups is 1. The topological polar surface area (TPSA) is 79.9 Å². The van der Waals surface area contributed by atoms with Gasteiger partial charge < -0.3 is 0 Å². The van der Waals surface area contributed by atoms with E-state index in [1.54, 1.807) is 0 Å². The van der Waals surface area contributed by atoms with Crippen LogP contribution in [0, 0.1) is 5.41 Å². The van der Waals surface area contributed by atoms with Crippen LogP contribution >= 0.6 is 0 Å². The predicted molar refractivity (Wildman–Crippen MR) is 15.7 cm³/mol. The largest absolute Gasteiger partial charge is 0.288 e. The van der Waals surface area contributed by atoms with Crippen LogP contribution in [-0.2, 0) is 0 Å². The van der Waals surface area contributed by atoms with Gasteiger partial charge in [-0.15, -0.1) is 0 Å². The molecular weight excluding hydrogens is 70.0 g/mol. The van der Waals surface area contributed by atoms with E-state index in [2.05, 4.69) is 0 Å². The highest BCUT2D eigenvalue weighted by Crippen LogP contribution is 1.35. The van der Waals surface area contributed by atoms with E-state index in [9.17, 15) is 0 Å². The molecule has 0 aliphatic heterocycles. The van der Waals surface area contributed by atoms with Gasteiger partial charge in [-0.1, -0.05) is 0 Å². The summed E-state index contributed by atoms with van der Waals surface area (Å²) in [4.78, 5) is 0. The Morgan fingerprint density at radius 1 is 1.80 bits per heavy atom. The van der Waals surface area contributed by atoms with Crippen molar-refractivity contribution < 1.29 is 5.21 Å². The van der Waals surface area contributed by atoms with E-state index >= 15 is 0 Å². The standard InChI is InChI=1S/CH4N3O/c2-1(3)4-5/h2,5H,(H2,3,4). The average Bonchev–Trinajstić information content (AvgIpc) is 1.38. The van der Waals surface area contributed by atoms with E-state index in [1.165, 1.54) is 5.48 Å². The molecule has 0 aromatic carbocycles. The third-order valence-electron chi connectivity index (χ3n) is 0.112. The molecule has 0 aliphatic rings. The first kappa shape index (κ1) is 4.23. The Kier molecular flexibility index (Phi) is 1.30. The fourth-order valence-electron chi connectivity index (χ4n) is 0. The van der Waals surface area contributed by atoms with Gasteiger partial charge in [-0.05, 0) is 0 Å². The van der Waals surface area contributed by atoms with Crippen LogP contribution in [0.3, 0.4) is 0 Å². The van der Waals surface area contributed by atoms with Gasteiger partial charge in [-0.25, -0.2) is 5.48 Å². The Morgan fingerprint density at radius 2 is 2.00 bits per heavy atom.